The second kappa shape index (κ2) is 6.34. The zero-order chi connectivity index (χ0) is 14.4. The number of benzene rings is 2. The lowest BCUT2D eigenvalue weighted by Crippen LogP contribution is -2.05. The first-order chi connectivity index (χ1) is 9.70. The van der Waals surface area contributed by atoms with E-state index in [1.807, 2.05) is 36.4 Å². The lowest BCUT2D eigenvalue weighted by Gasteiger charge is -2.06. The molecule has 0 aliphatic heterocycles. The Kier molecular flexibility index (Phi) is 4.30. The Balaban J connectivity index is 2.02. The van der Waals surface area contributed by atoms with Crippen molar-refractivity contribution in [2.75, 3.05) is 11.9 Å². The van der Waals surface area contributed by atoms with Crippen LogP contribution < -0.4 is 5.32 Å². The summed E-state index contributed by atoms with van der Waals surface area (Å²) in [6.45, 7) is 0.674. The minimum atomic E-state index is -0.541. The minimum Gasteiger partial charge on any atom is -0.385 e. The molecule has 0 aromatic heterocycles. The van der Waals surface area contributed by atoms with Crippen molar-refractivity contribution < 1.29 is 4.92 Å². The van der Waals surface area contributed by atoms with Crippen molar-refractivity contribution in [2.24, 2.45) is 0 Å². The number of hydrogen-bond donors (Lipinski definition) is 1. The highest BCUT2D eigenvalue weighted by molar-refractivity contribution is 5.59. The van der Waals surface area contributed by atoms with Crippen LogP contribution in [0.5, 0.6) is 0 Å². The average Bonchev–Trinajstić information content (AvgIpc) is 2.48. The van der Waals surface area contributed by atoms with Crippen molar-refractivity contribution in [1.82, 2.24) is 0 Å². The summed E-state index contributed by atoms with van der Waals surface area (Å²) in [5.41, 5.74) is 1.75. The number of nitrogens with zero attached hydrogens (tertiary/aromatic N) is 2. The summed E-state index contributed by atoms with van der Waals surface area (Å²) in [7, 11) is 0. The van der Waals surface area contributed by atoms with Crippen LogP contribution in [-0.2, 0) is 6.42 Å². The van der Waals surface area contributed by atoms with E-state index >= 15 is 0 Å². The molecule has 2 aromatic rings. The molecule has 0 saturated heterocycles. The Hall–Kier alpha value is -2.87. The van der Waals surface area contributed by atoms with Gasteiger partial charge in [-0.25, -0.2) is 0 Å². The molecule has 0 fully saturated rings. The Labute approximate surface area is 116 Å². The second-order valence-corrected chi connectivity index (χ2v) is 4.26. The minimum absolute atomic E-state index is 0.0728. The average molecular weight is 267 g/mol. The fourth-order valence-corrected chi connectivity index (χ4v) is 1.88. The van der Waals surface area contributed by atoms with Gasteiger partial charge in [-0.1, -0.05) is 30.3 Å². The highest BCUT2D eigenvalue weighted by Crippen LogP contribution is 2.22. The van der Waals surface area contributed by atoms with E-state index in [0.29, 0.717) is 12.2 Å². The fraction of sp³-hybridized carbons (Fsp3) is 0.133. The molecule has 0 bridgehead atoms. The third-order valence-corrected chi connectivity index (χ3v) is 2.90. The van der Waals surface area contributed by atoms with E-state index in [1.165, 1.54) is 17.7 Å². The third-order valence-electron chi connectivity index (χ3n) is 2.90. The maximum absolute atomic E-state index is 10.9. The number of nitro groups is 1. The lowest BCUT2D eigenvalue weighted by molar-refractivity contribution is -0.385. The van der Waals surface area contributed by atoms with E-state index in [4.69, 9.17) is 5.26 Å². The molecule has 20 heavy (non-hydrogen) atoms. The van der Waals surface area contributed by atoms with Crippen molar-refractivity contribution in [3.05, 3.63) is 69.8 Å². The smallest absolute Gasteiger partial charge is 0.289 e. The summed E-state index contributed by atoms with van der Waals surface area (Å²) < 4.78 is 0. The van der Waals surface area contributed by atoms with Crippen molar-refractivity contribution in [3.8, 4) is 6.07 Å². The van der Waals surface area contributed by atoms with Crippen LogP contribution in [0.4, 0.5) is 11.4 Å². The molecule has 5 nitrogen and oxygen atoms in total. The first-order valence-corrected chi connectivity index (χ1v) is 6.17. The molecule has 0 amide bonds. The summed E-state index contributed by atoms with van der Waals surface area (Å²) in [6, 6.07) is 16.3. The molecule has 0 spiro atoms. The molecule has 0 atom stereocenters. The molecule has 0 aliphatic rings. The largest absolute Gasteiger partial charge is 0.385 e. The maximum atomic E-state index is 10.9. The number of nitriles is 1. The molecule has 1 N–H and O–H groups in total. The van der Waals surface area contributed by atoms with E-state index in [-0.39, 0.29) is 11.3 Å². The normalized spacial score (nSPS) is 9.75. The Morgan fingerprint density at radius 2 is 1.95 bits per heavy atom. The van der Waals surface area contributed by atoms with Gasteiger partial charge in [0.25, 0.3) is 5.69 Å². The SMILES string of the molecule is N#Cc1ccc(NCCc2ccccc2)cc1[N+](=O)[O-]. The van der Waals surface area contributed by atoms with Gasteiger partial charge in [0.2, 0.25) is 0 Å². The van der Waals surface area contributed by atoms with E-state index in [0.717, 1.165) is 6.42 Å². The van der Waals surface area contributed by atoms with Crippen LogP contribution in [-0.4, -0.2) is 11.5 Å². The summed E-state index contributed by atoms with van der Waals surface area (Å²) in [5.74, 6) is 0. The van der Waals surface area contributed by atoms with Gasteiger partial charge in [-0.2, -0.15) is 5.26 Å². The molecule has 0 heterocycles. The Bertz CT molecular complexity index is 648. The zero-order valence-corrected chi connectivity index (χ0v) is 10.7. The molecule has 0 saturated carbocycles. The van der Waals surface area contributed by atoms with Crippen LogP contribution in [0.3, 0.4) is 0 Å². The fourth-order valence-electron chi connectivity index (χ4n) is 1.88. The van der Waals surface area contributed by atoms with E-state index in [1.54, 1.807) is 6.07 Å². The van der Waals surface area contributed by atoms with Crippen LogP contribution in [0.1, 0.15) is 11.1 Å². The topological polar surface area (TPSA) is 79.0 Å². The standard InChI is InChI=1S/C15H13N3O2/c16-11-13-6-7-14(10-15(13)18(19)20)17-9-8-12-4-2-1-3-5-12/h1-7,10,17H,8-9H2. The quantitative estimate of drug-likeness (QED) is 0.666. The first kappa shape index (κ1) is 13.6. The molecule has 2 aromatic carbocycles. The van der Waals surface area contributed by atoms with Crippen molar-refractivity contribution in [3.63, 3.8) is 0 Å². The lowest BCUT2D eigenvalue weighted by atomic mass is 10.1. The number of nitrogens with one attached hydrogen (secondary N) is 1. The predicted molar refractivity (Wildman–Crippen MR) is 76.4 cm³/mol. The van der Waals surface area contributed by atoms with Gasteiger partial charge in [-0.3, -0.25) is 10.1 Å². The summed E-state index contributed by atoms with van der Waals surface area (Å²) in [5, 5.41) is 22.8. The van der Waals surface area contributed by atoms with Crippen LogP contribution in [0.2, 0.25) is 0 Å². The van der Waals surface area contributed by atoms with Gasteiger partial charge in [0, 0.05) is 18.3 Å². The van der Waals surface area contributed by atoms with E-state index in [9.17, 15) is 10.1 Å². The van der Waals surface area contributed by atoms with Crippen LogP contribution in [0, 0.1) is 21.4 Å². The predicted octanol–water partition coefficient (Wildman–Crippen LogP) is 3.12. The Morgan fingerprint density at radius 1 is 1.20 bits per heavy atom. The van der Waals surface area contributed by atoms with Gasteiger partial charge >= 0.3 is 0 Å². The van der Waals surface area contributed by atoms with Gasteiger partial charge in [0.05, 0.1) is 4.92 Å². The van der Waals surface area contributed by atoms with Crippen LogP contribution >= 0.6 is 0 Å². The van der Waals surface area contributed by atoms with Crippen LogP contribution in [0.15, 0.2) is 48.5 Å². The maximum Gasteiger partial charge on any atom is 0.289 e. The highest BCUT2D eigenvalue weighted by atomic mass is 16.6. The monoisotopic (exact) mass is 267 g/mol. The zero-order valence-electron chi connectivity index (χ0n) is 10.7. The van der Waals surface area contributed by atoms with E-state index in [2.05, 4.69) is 5.32 Å². The second-order valence-electron chi connectivity index (χ2n) is 4.26. The summed E-state index contributed by atoms with van der Waals surface area (Å²) in [4.78, 5) is 10.3. The number of hydrogen-bond acceptors (Lipinski definition) is 4. The van der Waals surface area contributed by atoms with Crippen LogP contribution in [0.25, 0.3) is 0 Å². The molecule has 5 heteroatoms. The highest BCUT2D eigenvalue weighted by Gasteiger charge is 2.13. The number of anilines is 1. The summed E-state index contributed by atoms with van der Waals surface area (Å²) in [6.07, 6.45) is 0.828. The summed E-state index contributed by atoms with van der Waals surface area (Å²) >= 11 is 0. The Morgan fingerprint density at radius 3 is 2.60 bits per heavy atom. The molecule has 0 unspecified atom stereocenters. The molecule has 0 aliphatic carbocycles. The van der Waals surface area contributed by atoms with Crippen molar-refractivity contribution in [2.45, 2.75) is 6.42 Å². The van der Waals surface area contributed by atoms with Gasteiger partial charge in [-0.15, -0.1) is 0 Å². The van der Waals surface area contributed by atoms with Gasteiger partial charge in [0.1, 0.15) is 11.6 Å². The molecule has 0 radical (unpaired) electrons. The van der Waals surface area contributed by atoms with Crippen molar-refractivity contribution in [1.29, 1.82) is 5.26 Å². The molecular formula is C15H13N3O2. The van der Waals surface area contributed by atoms with Gasteiger partial charge < -0.3 is 5.32 Å². The van der Waals surface area contributed by atoms with Gasteiger partial charge in [0.15, 0.2) is 0 Å². The molecule has 2 rings (SSSR count). The number of nitro benzene ring substituents is 1. The van der Waals surface area contributed by atoms with Gasteiger partial charge in [-0.05, 0) is 24.1 Å². The third kappa shape index (κ3) is 3.33. The first-order valence-electron chi connectivity index (χ1n) is 6.17. The molecule has 100 valence electrons. The van der Waals surface area contributed by atoms with Crippen molar-refractivity contribution >= 4 is 11.4 Å². The molecular weight excluding hydrogens is 254 g/mol. The van der Waals surface area contributed by atoms with E-state index < -0.39 is 4.92 Å². The number of rotatable bonds is 5.